The average Bonchev–Trinajstić information content (AvgIpc) is 1.56. The lowest BCUT2D eigenvalue weighted by Crippen LogP contribution is -2.62. The monoisotopic (exact) mass is 1690 g/mol. The summed E-state index contributed by atoms with van der Waals surface area (Å²) in [6.45, 7) is 10.9. The fraction of sp³-hybridized carbons (Fsp3) is 0.692. The van der Waals surface area contributed by atoms with Crippen molar-refractivity contribution >= 4 is 101 Å². The van der Waals surface area contributed by atoms with Gasteiger partial charge in [-0.1, -0.05) is 85.8 Å². The van der Waals surface area contributed by atoms with Gasteiger partial charge in [0.15, 0.2) is 4.21 Å². The average molecular weight is 1690 g/mol. The number of hydrogen-bond acceptors (Lipinski definition) is 22. The van der Waals surface area contributed by atoms with Gasteiger partial charge < -0.3 is 59.5 Å². The topological polar surface area (TPSA) is 390 Å². The number of ether oxygens (including phenoxy) is 6. The first-order valence-corrected chi connectivity index (χ1v) is 43.4. The van der Waals surface area contributed by atoms with Gasteiger partial charge in [-0.25, -0.2) is 77.8 Å². The Kier molecular flexibility index (Phi) is 22.7. The van der Waals surface area contributed by atoms with Crippen LogP contribution in [0.4, 0.5) is 31.5 Å². The van der Waals surface area contributed by atoms with E-state index in [-0.39, 0.29) is 85.4 Å². The largest absolute Gasteiger partial charge is 0.497 e. The molecule has 14 rings (SSSR count). The Morgan fingerprint density at radius 3 is 1.52 bits per heavy atom. The van der Waals surface area contributed by atoms with Gasteiger partial charge in [-0.2, -0.15) is 0 Å². The first kappa shape index (κ1) is 84.0. The summed E-state index contributed by atoms with van der Waals surface area (Å²) in [6.07, 6.45) is -7.07. The second kappa shape index (κ2) is 31.3. The van der Waals surface area contributed by atoms with Crippen molar-refractivity contribution in [3.63, 3.8) is 0 Å². The van der Waals surface area contributed by atoms with Crippen molar-refractivity contribution in [3.05, 3.63) is 47.3 Å². The third-order valence-corrected chi connectivity index (χ3v) is 29.8. The van der Waals surface area contributed by atoms with E-state index in [9.17, 15) is 44.8 Å². The summed E-state index contributed by atoms with van der Waals surface area (Å²) in [6, 6.07) is 1.99. The molecule has 38 heteroatoms. The molecule has 116 heavy (non-hydrogen) atoms. The predicted molar refractivity (Wildman–Crippen MR) is 406 cm³/mol. The van der Waals surface area contributed by atoms with E-state index in [1.54, 1.807) is 83.5 Å². The first-order valence-electron chi connectivity index (χ1n) is 40.0. The Morgan fingerprint density at radius 2 is 1.07 bits per heavy atom. The molecule has 30 nitrogen and oxygen atoms in total. The van der Waals surface area contributed by atoms with Crippen LogP contribution >= 0.6 is 11.6 Å². The summed E-state index contributed by atoms with van der Waals surface area (Å²) in [5.74, 6) is -12.3. The molecule has 4 aliphatic heterocycles. The van der Waals surface area contributed by atoms with Crippen molar-refractivity contribution in [2.45, 2.75) is 265 Å². The fourth-order valence-corrected chi connectivity index (χ4v) is 20.1. The number of nitrogens with zero attached hydrogens (tertiary/aromatic N) is 6. The number of amides is 8. The lowest BCUT2D eigenvalue weighted by atomic mass is 9.77. The summed E-state index contributed by atoms with van der Waals surface area (Å²) >= 11 is 6.24. The highest BCUT2D eigenvalue weighted by Crippen LogP contribution is 2.54. The molecule has 4 aromatic rings. The molecule has 2 saturated heterocycles. The number of carbonyl (C=O) groups is 8. The number of hydrogen-bond donors (Lipinski definition) is 6. The summed E-state index contributed by atoms with van der Waals surface area (Å²) < 4.78 is 167. The van der Waals surface area contributed by atoms with Crippen molar-refractivity contribution in [2.24, 2.45) is 46.3 Å². The van der Waals surface area contributed by atoms with Crippen LogP contribution < -0.4 is 49.7 Å². The molecule has 2 aromatic carbocycles. The fourth-order valence-electron chi connectivity index (χ4n) is 17.4. The number of benzene rings is 2. The van der Waals surface area contributed by atoms with Crippen molar-refractivity contribution in [2.75, 3.05) is 27.3 Å². The Morgan fingerprint density at radius 1 is 0.603 bits per heavy atom. The first-order chi connectivity index (χ1) is 54.7. The molecule has 2 aromatic heterocycles. The highest BCUT2D eigenvalue weighted by Gasteiger charge is 2.70. The van der Waals surface area contributed by atoms with Gasteiger partial charge in [0.05, 0.1) is 61.2 Å². The van der Waals surface area contributed by atoms with E-state index in [1.165, 1.54) is 14.2 Å². The molecule has 0 unspecified atom stereocenters. The highest BCUT2D eigenvalue weighted by atomic mass is 35.5. The Labute approximate surface area is 673 Å². The number of aromatic nitrogens is 4. The summed E-state index contributed by atoms with van der Waals surface area (Å²) in [5, 5.41) is 7.65. The zero-order valence-electron chi connectivity index (χ0n) is 66.0. The maximum atomic E-state index is 16.5. The van der Waals surface area contributed by atoms with Gasteiger partial charge in [0, 0.05) is 36.8 Å². The lowest BCUT2D eigenvalue weighted by Gasteiger charge is -2.38. The van der Waals surface area contributed by atoms with E-state index < -0.39 is 216 Å². The van der Waals surface area contributed by atoms with Crippen LogP contribution in [0.1, 0.15) is 181 Å². The lowest BCUT2D eigenvalue weighted by molar-refractivity contribution is -0.144. The molecule has 4 bridgehead atoms. The minimum atomic E-state index is -5.09. The standard InChI is InChI=1S/C78H100ClF5N12O18S2/c1-10-42-55-36-95(57(42)63(97)91-77(34-44(77)61(80)81)69(101)93-115(105,106)75(79)24-25-75)67(99)59(73(3,4)5)89-71(103)113-53-29-38(53)18-15-13-17-21-48-66(112-55)88-51-32-52(110-9)40(28-49(51)86-48)33-74(6,7)60-68(100)96-37-56(43(11-2)58(96)64(98)92-78(35-45(78)62(82)83)70(102)94-116(107,108)76(84)26-27-76)111-65-47(85-46-23-22-41(109-8)31-50(46)87-65)20-16-12-14-19-39-30-54(39)114-72(104)90-60/h22-23,28,31-32,38-39,42-45,53-62H,10-21,24-27,29-30,33-37H2,1-9H3,(H,89,103)(H,90,104)(H,91,97)(H,92,98)(H,93,101)(H,94,102)/t38-,39-,42-,43-,44+,45+,53-,54-,55+,56+,57+,58+,59-,60-,77-,78-/m1/s1. The molecule has 6 N–H and O–H groups in total. The number of aryl methyl sites for hydroxylation is 2. The maximum absolute atomic E-state index is 16.5. The molecule has 6 heterocycles. The van der Waals surface area contributed by atoms with Crippen LogP contribution in [-0.2, 0) is 77.5 Å². The summed E-state index contributed by atoms with van der Waals surface area (Å²) in [4.78, 5) is 142. The number of sulfonamides is 2. The van der Waals surface area contributed by atoms with Gasteiger partial charge in [-0.3, -0.25) is 28.8 Å². The molecular weight excluding hydrogens is 1590 g/mol. The minimum absolute atomic E-state index is 0.00898. The molecule has 0 radical (unpaired) electrons. The van der Waals surface area contributed by atoms with Gasteiger partial charge in [0.1, 0.15) is 82.5 Å². The number of fused-ring (bicyclic) bond motifs is 10. The maximum Gasteiger partial charge on any atom is 0.408 e. The van der Waals surface area contributed by atoms with Crippen LogP contribution in [0.15, 0.2) is 30.3 Å². The van der Waals surface area contributed by atoms with E-state index in [2.05, 4.69) is 21.3 Å². The predicted octanol–water partition coefficient (Wildman–Crippen LogP) is 8.43. The van der Waals surface area contributed by atoms with Crippen LogP contribution in [0.5, 0.6) is 23.3 Å². The quantitative estimate of drug-likeness (QED) is 0.0378. The van der Waals surface area contributed by atoms with Crippen molar-refractivity contribution < 1.29 is 106 Å². The van der Waals surface area contributed by atoms with Gasteiger partial charge in [0.2, 0.25) is 53.2 Å². The number of alkyl carbamates (subject to hydrolysis) is 2. The number of carbonyl (C=O) groups excluding carboxylic acids is 8. The normalized spacial score (nSPS) is 31.2. The number of rotatable bonds is 19. The Balaban J connectivity index is 0.821. The molecule has 634 valence electrons. The van der Waals surface area contributed by atoms with E-state index in [0.29, 0.717) is 91.5 Å². The summed E-state index contributed by atoms with van der Waals surface area (Å²) in [7, 11) is -6.87. The van der Waals surface area contributed by atoms with Crippen LogP contribution in [-0.4, -0.2) is 203 Å². The Bertz CT molecular complexity index is 4830. The van der Waals surface area contributed by atoms with Gasteiger partial charge in [-0.05, 0) is 143 Å². The van der Waals surface area contributed by atoms with Crippen LogP contribution in [0.2, 0.25) is 0 Å². The second-order valence-corrected chi connectivity index (χ2v) is 39.8. The van der Waals surface area contributed by atoms with Gasteiger partial charge in [0.25, 0.3) is 31.9 Å². The molecule has 0 spiro atoms. The van der Waals surface area contributed by atoms with Crippen LogP contribution in [0.25, 0.3) is 22.1 Å². The molecule has 8 fully saturated rings. The van der Waals surface area contributed by atoms with Crippen molar-refractivity contribution in [1.29, 1.82) is 0 Å². The van der Waals surface area contributed by atoms with Crippen molar-refractivity contribution in [1.82, 2.24) is 60.4 Å². The number of nitrogens with one attached hydrogen (secondary N) is 6. The van der Waals surface area contributed by atoms with Crippen LogP contribution in [0.3, 0.4) is 0 Å². The number of methoxy groups -OCH3 is 2. The minimum Gasteiger partial charge on any atom is -0.497 e. The van der Waals surface area contributed by atoms with Crippen molar-refractivity contribution in [3.8, 4) is 23.3 Å². The zero-order valence-corrected chi connectivity index (χ0v) is 68.4. The van der Waals surface area contributed by atoms with Crippen LogP contribution in [0, 0.1) is 46.3 Å². The smallest absolute Gasteiger partial charge is 0.408 e. The second-order valence-electron chi connectivity index (χ2n) is 34.9. The molecule has 10 aliphatic rings. The SMILES string of the molecule is CC[C@@H]1[C@@H]2CN(C(=O)[C@H](C(C)(C)C)NC(=O)O[C@@H]3C[C@H]3CCCCCc3nc4cc(CC(C)(C)[C@@H]5NC(=O)O[C@@H]6C[C@H]6CCCCCc6nc7ccc(OC)cc7nc6O[C@H]6CN(C5=O)[C@H](C(=O)N[C@]5(C(=O)NS(=O)(=O)C7(F)CC7)C[C@H]5C(F)F)[C@@H]6CC)c(OC)cc4nc3O2)[C@@H]1C(=O)N[C@]1(C(=O)NS(=O)(=O)C2(Cl)CC2)C[C@H]1C(F)F. The number of alkyl halides is 6. The summed E-state index contributed by atoms with van der Waals surface area (Å²) in [5.41, 5.74) is -5.11. The molecule has 6 aliphatic carbocycles. The van der Waals surface area contributed by atoms with E-state index in [1.807, 2.05) is 4.72 Å². The third-order valence-electron chi connectivity index (χ3n) is 25.1. The zero-order chi connectivity index (χ0) is 83.5. The van der Waals surface area contributed by atoms with Gasteiger partial charge >= 0.3 is 12.2 Å². The molecule has 16 atom stereocenters. The number of halogens is 6. The van der Waals surface area contributed by atoms with E-state index in [4.69, 9.17) is 60.0 Å². The molecular formula is C78H100ClF5N12O18S2. The Hall–Kier alpha value is -8.48. The third kappa shape index (κ3) is 16.6. The van der Waals surface area contributed by atoms with Gasteiger partial charge in [-0.15, -0.1) is 0 Å². The van der Waals surface area contributed by atoms with E-state index in [0.717, 1.165) is 22.6 Å². The van der Waals surface area contributed by atoms with E-state index >= 15 is 32.3 Å². The highest BCUT2D eigenvalue weighted by molar-refractivity contribution is 7.93. The molecule has 6 saturated carbocycles. The molecule has 8 amide bonds.